The number of hydrogen-bond donors (Lipinski definition) is 1. The number of hydrogen-bond acceptors (Lipinski definition) is 5. The summed E-state index contributed by atoms with van der Waals surface area (Å²) in [7, 11) is 0. The van der Waals surface area contributed by atoms with Gasteiger partial charge in [-0.15, -0.1) is 11.3 Å². The van der Waals surface area contributed by atoms with E-state index in [1.165, 1.54) is 0 Å². The summed E-state index contributed by atoms with van der Waals surface area (Å²) >= 11 is 1.61. The van der Waals surface area contributed by atoms with Crippen LogP contribution in [0.25, 0.3) is 10.7 Å². The second-order valence-electron chi connectivity index (χ2n) is 3.52. The fraction of sp³-hybridized carbons (Fsp3) is 0.300. The summed E-state index contributed by atoms with van der Waals surface area (Å²) in [6, 6.07) is 1.67. The van der Waals surface area contributed by atoms with Crippen LogP contribution in [-0.4, -0.2) is 15.0 Å². The molecule has 2 aromatic rings. The third kappa shape index (κ3) is 2.12. The first-order valence-electron chi connectivity index (χ1n) is 4.71. The molecule has 0 fully saturated rings. The third-order valence-electron chi connectivity index (χ3n) is 1.91. The molecule has 0 saturated carbocycles. The lowest BCUT2D eigenvalue weighted by molar-refractivity contribution is 0.852. The highest BCUT2D eigenvalue weighted by Gasteiger charge is 2.09. The van der Waals surface area contributed by atoms with Crippen LogP contribution in [0.4, 0.5) is 5.82 Å². The Morgan fingerprint density at radius 2 is 2.13 bits per heavy atom. The molecule has 0 atom stereocenters. The molecule has 78 valence electrons. The Morgan fingerprint density at radius 3 is 2.73 bits per heavy atom. The van der Waals surface area contributed by atoms with E-state index in [2.05, 4.69) is 28.8 Å². The molecule has 2 heterocycles. The van der Waals surface area contributed by atoms with Gasteiger partial charge in [-0.25, -0.2) is 15.0 Å². The minimum atomic E-state index is 0.435. The van der Waals surface area contributed by atoms with Crippen molar-refractivity contribution in [1.82, 2.24) is 15.0 Å². The van der Waals surface area contributed by atoms with E-state index in [1.807, 2.05) is 0 Å². The summed E-state index contributed by atoms with van der Waals surface area (Å²) in [6.45, 7) is 4.23. The van der Waals surface area contributed by atoms with Crippen molar-refractivity contribution in [3.05, 3.63) is 23.5 Å². The molecule has 0 aromatic carbocycles. The van der Waals surface area contributed by atoms with Gasteiger partial charge in [-0.05, 0) is 6.07 Å². The van der Waals surface area contributed by atoms with E-state index >= 15 is 0 Å². The van der Waals surface area contributed by atoms with Gasteiger partial charge in [0.1, 0.15) is 5.82 Å². The Labute approximate surface area is 92.2 Å². The number of rotatable bonds is 2. The molecule has 0 aliphatic rings. The van der Waals surface area contributed by atoms with Crippen molar-refractivity contribution in [3.63, 3.8) is 0 Å². The van der Waals surface area contributed by atoms with E-state index in [1.54, 1.807) is 29.8 Å². The monoisotopic (exact) mass is 220 g/mol. The van der Waals surface area contributed by atoms with E-state index in [4.69, 9.17) is 5.73 Å². The number of nitrogens with two attached hydrogens (primary N) is 1. The average Bonchev–Trinajstić information content (AvgIpc) is 2.66. The molecule has 0 saturated heterocycles. The Hall–Kier alpha value is -1.49. The molecule has 4 nitrogen and oxygen atoms in total. The van der Waals surface area contributed by atoms with Crippen molar-refractivity contribution in [3.8, 4) is 10.7 Å². The average molecular weight is 220 g/mol. The Bertz CT molecular complexity index is 464. The topological polar surface area (TPSA) is 64.7 Å². The highest BCUT2D eigenvalue weighted by molar-refractivity contribution is 7.15. The zero-order valence-corrected chi connectivity index (χ0v) is 9.45. The summed E-state index contributed by atoms with van der Waals surface area (Å²) in [5.74, 6) is 1.57. The molecule has 0 radical (unpaired) electrons. The number of nitrogen functional groups attached to an aromatic ring is 1. The van der Waals surface area contributed by atoms with E-state index < -0.39 is 0 Å². The number of nitrogens with zero attached hydrogens (tertiary/aromatic N) is 3. The molecule has 0 aliphatic heterocycles. The first kappa shape index (κ1) is 10.0. The number of aromatic nitrogens is 3. The second kappa shape index (κ2) is 3.94. The van der Waals surface area contributed by atoms with Crippen LogP contribution < -0.4 is 5.73 Å². The minimum absolute atomic E-state index is 0.435. The van der Waals surface area contributed by atoms with Gasteiger partial charge in [0.2, 0.25) is 0 Å². The maximum atomic E-state index is 5.60. The summed E-state index contributed by atoms with van der Waals surface area (Å²) < 4.78 is 0. The molecule has 0 aliphatic carbocycles. The number of anilines is 1. The van der Waals surface area contributed by atoms with Crippen LogP contribution in [0, 0.1) is 0 Å². The molecule has 5 heteroatoms. The third-order valence-corrected chi connectivity index (χ3v) is 3.21. The van der Waals surface area contributed by atoms with E-state index in [0.717, 1.165) is 9.88 Å². The van der Waals surface area contributed by atoms with Crippen molar-refractivity contribution in [2.75, 3.05) is 5.73 Å². The molecular weight excluding hydrogens is 208 g/mol. The zero-order valence-electron chi connectivity index (χ0n) is 8.64. The standard InChI is InChI=1S/C10H12N4S/c1-6(2)10-13-5-7(15-10)9-12-4-3-8(11)14-9/h3-6H,1-2H3,(H2,11,12,14). The maximum absolute atomic E-state index is 5.60. The van der Waals surface area contributed by atoms with Crippen LogP contribution in [0.5, 0.6) is 0 Å². The lowest BCUT2D eigenvalue weighted by Gasteiger charge is -1.97. The molecule has 15 heavy (non-hydrogen) atoms. The van der Waals surface area contributed by atoms with E-state index in [0.29, 0.717) is 17.6 Å². The fourth-order valence-corrected chi connectivity index (χ4v) is 2.01. The highest BCUT2D eigenvalue weighted by Crippen LogP contribution is 2.27. The van der Waals surface area contributed by atoms with E-state index in [-0.39, 0.29) is 0 Å². The quantitative estimate of drug-likeness (QED) is 0.843. The predicted octanol–water partition coefficient (Wildman–Crippen LogP) is 2.31. The van der Waals surface area contributed by atoms with Crippen molar-refractivity contribution in [2.45, 2.75) is 19.8 Å². The van der Waals surface area contributed by atoms with Gasteiger partial charge in [0.15, 0.2) is 5.82 Å². The summed E-state index contributed by atoms with van der Waals surface area (Å²) in [5, 5.41) is 1.09. The highest BCUT2D eigenvalue weighted by atomic mass is 32.1. The predicted molar refractivity (Wildman–Crippen MR) is 61.6 cm³/mol. The van der Waals surface area contributed by atoms with Crippen LogP contribution in [0.2, 0.25) is 0 Å². The van der Waals surface area contributed by atoms with Crippen molar-refractivity contribution in [1.29, 1.82) is 0 Å². The number of thiazole rings is 1. The normalized spacial score (nSPS) is 10.9. The van der Waals surface area contributed by atoms with Gasteiger partial charge in [0.25, 0.3) is 0 Å². The molecule has 0 bridgehead atoms. The van der Waals surface area contributed by atoms with Gasteiger partial charge in [-0.2, -0.15) is 0 Å². The molecule has 0 unspecified atom stereocenters. The van der Waals surface area contributed by atoms with Gasteiger partial charge >= 0.3 is 0 Å². The van der Waals surface area contributed by atoms with Gasteiger partial charge in [0.05, 0.1) is 9.88 Å². The van der Waals surface area contributed by atoms with Crippen LogP contribution in [-0.2, 0) is 0 Å². The van der Waals surface area contributed by atoms with Gasteiger partial charge in [-0.1, -0.05) is 13.8 Å². The molecule has 2 N–H and O–H groups in total. The molecule has 2 rings (SSSR count). The van der Waals surface area contributed by atoms with Crippen molar-refractivity contribution >= 4 is 17.2 Å². The summed E-state index contributed by atoms with van der Waals surface area (Å²) in [6.07, 6.45) is 3.46. The smallest absolute Gasteiger partial charge is 0.173 e. The Kier molecular flexibility index (Phi) is 2.64. The SMILES string of the molecule is CC(C)c1ncc(-c2nccc(N)n2)s1. The van der Waals surface area contributed by atoms with Crippen LogP contribution in [0.3, 0.4) is 0 Å². The van der Waals surface area contributed by atoms with Gasteiger partial charge < -0.3 is 5.73 Å². The molecule has 0 spiro atoms. The lowest BCUT2D eigenvalue weighted by atomic mass is 10.2. The van der Waals surface area contributed by atoms with Crippen LogP contribution >= 0.6 is 11.3 Å². The molecule has 2 aromatic heterocycles. The summed E-state index contributed by atoms with van der Waals surface area (Å²) in [4.78, 5) is 13.6. The first-order chi connectivity index (χ1) is 7.16. The van der Waals surface area contributed by atoms with Crippen molar-refractivity contribution in [2.24, 2.45) is 0 Å². The first-order valence-corrected chi connectivity index (χ1v) is 5.53. The lowest BCUT2D eigenvalue weighted by Crippen LogP contribution is -1.92. The molecular formula is C10H12N4S. The van der Waals surface area contributed by atoms with Crippen molar-refractivity contribution < 1.29 is 0 Å². The van der Waals surface area contributed by atoms with Gasteiger partial charge in [-0.3, -0.25) is 0 Å². The molecule has 0 amide bonds. The Balaban J connectivity index is 2.37. The minimum Gasteiger partial charge on any atom is -0.384 e. The fourth-order valence-electron chi connectivity index (χ4n) is 1.15. The van der Waals surface area contributed by atoms with Gasteiger partial charge in [0, 0.05) is 18.3 Å². The summed E-state index contributed by atoms with van der Waals surface area (Å²) in [5.41, 5.74) is 5.60. The second-order valence-corrected chi connectivity index (χ2v) is 4.58. The van der Waals surface area contributed by atoms with E-state index in [9.17, 15) is 0 Å². The van der Waals surface area contributed by atoms with Crippen LogP contribution in [0.1, 0.15) is 24.8 Å². The van der Waals surface area contributed by atoms with Crippen LogP contribution in [0.15, 0.2) is 18.5 Å². The maximum Gasteiger partial charge on any atom is 0.173 e. The zero-order chi connectivity index (χ0) is 10.8. The largest absolute Gasteiger partial charge is 0.384 e. The Morgan fingerprint density at radius 1 is 1.33 bits per heavy atom.